The number of hydrogen-bond acceptors (Lipinski definition) is 2. The molecule has 0 fully saturated rings. The Morgan fingerprint density at radius 2 is 1.69 bits per heavy atom. The van der Waals surface area contributed by atoms with Gasteiger partial charge >= 0.3 is 0 Å². The summed E-state index contributed by atoms with van der Waals surface area (Å²) in [5, 5.41) is 9.83. The molecule has 0 spiro atoms. The summed E-state index contributed by atoms with van der Waals surface area (Å²) in [6, 6.07) is 2.08. The molecule has 0 bridgehead atoms. The van der Waals surface area contributed by atoms with Gasteiger partial charge in [-0.2, -0.15) is 0 Å². The molecule has 3 nitrogen and oxygen atoms in total. The topological polar surface area (TPSA) is 61.9 Å². The first-order valence-electron chi connectivity index (χ1n) is 4.82. The monoisotopic (exact) mass is 227 g/mol. The molecule has 1 rings (SSSR count). The molecule has 0 unspecified atom stereocenters. The number of nitrogens with two attached hydrogens (primary N) is 1. The molecular weight excluding hydrogens is 212 g/mol. The quantitative estimate of drug-likeness (QED) is 0.537. The summed E-state index contributed by atoms with van der Waals surface area (Å²) in [7, 11) is 0. The molecule has 0 radical (unpaired) electrons. The van der Waals surface area contributed by atoms with E-state index in [1.54, 1.807) is 20.8 Å². The zero-order valence-corrected chi connectivity index (χ0v) is 9.49. The lowest BCUT2D eigenvalue weighted by molar-refractivity contribution is 0.562. The number of nitrogen functional groups attached to an aromatic ring is 1. The average molecular weight is 227 g/mol. The van der Waals surface area contributed by atoms with Gasteiger partial charge in [0.25, 0.3) is 0 Å². The number of hydrogen-bond donors (Lipinski definition) is 3. The summed E-state index contributed by atoms with van der Waals surface area (Å²) in [6.45, 7) is 5.39. The van der Waals surface area contributed by atoms with Crippen LogP contribution in [0.2, 0.25) is 0 Å². The van der Waals surface area contributed by atoms with E-state index in [2.05, 4.69) is 5.32 Å². The van der Waals surface area contributed by atoms with Gasteiger partial charge in [-0.1, -0.05) is 0 Å². The molecule has 0 saturated heterocycles. The van der Waals surface area contributed by atoms with E-state index in [1.807, 2.05) is 0 Å². The van der Waals surface area contributed by atoms with E-state index < -0.39 is 17.2 Å². The molecular formula is C11H15F2N3. The number of halogens is 2. The Balaban J connectivity index is 3.18. The van der Waals surface area contributed by atoms with Crippen LogP contribution in [0.25, 0.3) is 0 Å². The number of rotatable bonds is 2. The van der Waals surface area contributed by atoms with Crippen molar-refractivity contribution in [2.24, 2.45) is 5.73 Å². The zero-order chi connectivity index (χ0) is 12.5. The van der Waals surface area contributed by atoms with Gasteiger partial charge in [-0.15, -0.1) is 0 Å². The first-order chi connectivity index (χ1) is 7.20. The third-order valence-electron chi connectivity index (χ3n) is 1.85. The van der Waals surface area contributed by atoms with E-state index in [-0.39, 0.29) is 17.1 Å². The number of nitrogens with one attached hydrogen (secondary N) is 2. The molecule has 0 amide bonds. The van der Waals surface area contributed by atoms with E-state index in [9.17, 15) is 8.78 Å². The van der Waals surface area contributed by atoms with Crippen LogP contribution < -0.4 is 11.1 Å². The second-order valence-corrected chi connectivity index (χ2v) is 4.60. The largest absolute Gasteiger partial charge is 0.384 e. The van der Waals surface area contributed by atoms with E-state index in [0.717, 1.165) is 12.1 Å². The summed E-state index contributed by atoms with van der Waals surface area (Å²) in [4.78, 5) is 0. The van der Waals surface area contributed by atoms with Gasteiger partial charge in [0.2, 0.25) is 0 Å². The van der Waals surface area contributed by atoms with Crippen molar-refractivity contribution in [1.29, 1.82) is 5.41 Å². The molecule has 0 aliphatic heterocycles. The Kier molecular flexibility index (Phi) is 3.16. The van der Waals surface area contributed by atoms with Crippen LogP contribution >= 0.6 is 0 Å². The smallest absolute Gasteiger partial charge is 0.150 e. The van der Waals surface area contributed by atoms with E-state index in [0.29, 0.717) is 0 Å². The van der Waals surface area contributed by atoms with Crippen molar-refractivity contribution in [3.63, 3.8) is 0 Å². The van der Waals surface area contributed by atoms with E-state index in [1.165, 1.54) is 0 Å². The summed E-state index contributed by atoms with van der Waals surface area (Å²) < 4.78 is 27.1. The minimum atomic E-state index is -0.750. The lowest BCUT2D eigenvalue weighted by Crippen LogP contribution is -2.27. The minimum Gasteiger partial charge on any atom is -0.384 e. The summed E-state index contributed by atoms with van der Waals surface area (Å²) in [5.74, 6) is -1.86. The lowest BCUT2D eigenvalue weighted by Gasteiger charge is -2.23. The Morgan fingerprint density at radius 1 is 1.25 bits per heavy atom. The van der Waals surface area contributed by atoms with Gasteiger partial charge in [0.15, 0.2) is 0 Å². The van der Waals surface area contributed by atoms with Crippen molar-refractivity contribution in [1.82, 2.24) is 0 Å². The molecule has 4 N–H and O–H groups in total. The number of anilines is 1. The molecule has 0 aliphatic rings. The Hall–Kier alpha value is -1.65. The fourth-order valence-electron chi connectivity index (χ4n) is 1.22. The van der Waals surface area contributed by atoms with Crippen LogP contribution in [0.15, 0.2) is 12.1 Å². The van der Waals surface area contributed by atoms with E-state index in [4.69, 9.17) is 11.1 Å². The van der Waals surface area contributed by atoms with Crippen LogP contribution in [0, 0.1) is 17.0 Å². The number of amidine groups is 1. The fourth-order valence-corrected chi connectivity index (χ4v) is 1.22. The van der Waals surface area contributed by atoms with Crippen molar-refractivity contribution in [2.45, 2.75) is 26.3 Å². The molecule has 1 aromatic carbocycles. The van der Waals surface area contributed by atoms with Crippen molar-refractivity contribution < 1.29 is 8.78 Å². The molecule has 88 valence electrons. The number of benzene rings is 1. The molecule has 0 heterocycles. The predicted molar refractivity (Wildman–Crippen MR) is 60.7 cm³/mol. The molecule has 0 aliphatic carbocycles. The van der Waals surface area contributed by atoms with Crippen LogP contribution in [-0.2, 0) is 0 Å². The van der Waals surface area contributed by atoms with Crippen LogP contribution in [0.4, 0.5) is 14.5 Å². The predicted octanol–water partition coefficient (Wildman–Crippen LogP) is 2.46. The molecule has 0 aromatic heterocycles. The summed E-state index contributed by atoms with van der Waals surface area (Å²) >= 11 is 0. The summed E-state index contributed by atoms with van der Waals surface area (Å²) in [6.07, 6.45) is 0. The normalized spacial score (nSPS) is 11.3. The highest BCUT2D eigenvalue weighted by molar-refractivity contribution is 5.95. The van der Waals surface area contributed by atoms with Crippen molar-refractivity contribution in [3.05, 3.63) is 29.3 Å². The second-order valence-electron chi connectivity index (χ2n) is 4.60. The maximum atomic E-state index is 13.5. The Labute approximate surface area is 93.2 Å². The molecule has 1 aromatic rings. The SMILES string of the molecule is CC(C)(C)Nc1c(F)cc(C(=N)N)cc1F. The van der Waals surface area contributed by atoms with Crippen LogP contribution in [0.1, 0.15) is 26.3 Å². The average Bonchev–Trinajstić information content (AvgIpc) is 2.09. The van der Waals surface area contributed by atoms with Crippen LogP contribution in [0.3, 0.4) is 0 Å². The highest BCUT2D eigenvalue weighted by Crippen LogP contribution is 2.23. The van der Waals surface area contributed by atoms with Crippen molar-refractivity contribution >= 4 is 11.5 Å². The van der Waals surface area contributed by atoms with Gasteiger partial charge < -0.3 is 11.1 Å². The maximum Gasteiger partial charge on any atom is 0.150 e. The van der Waals surface area contributed by atoms with Gasteiger partial charge in [-0.05, 0) is 32.9 Å². The third-order valence-corrected chi connectivity index (χ3v) is 1.85. The molecule has 5 heteroatoms. The summed E-state index contributed by atoms with van der Waals surface area (Å²) in [5.41, 5.74) is 4.55. The molecule has 0 atom stereocenters. The van der Waals surface area contributed by atoms with Gasteiger partial charge in [-0.3, -0.25) is 5.41 Å². The molecule has 16 heavy (non-hydrogen) atoms. The molecule has 0 saturated carbocycles. The van der Waals surface area contributed by atoms with Gasteiger partial charge in [0.1, 0.15) is 23.2 Å². The standard InChI is InChI=1S/C11H15F2N3/c1-11(2,3)16-9-7(12)4-6(10(14)15)5-8(9)13/h4-5,16H,1-3H3,(H3,14,15). The van der Waals surface area contributed by atoms with Crippen molar-refractivity contribution in [2.75, 3.05) is 5.32 Å². The van der Waals surface area contributed by atoms with Crippen LogP contribution in [-0.4, -0.2) is 11.4 Å². The fraction of sp³-hybridized carbons (Fsp3) is 0.364. The van der Waals surface area contributed by atoms with E-state index >= 15 is 0 Å². The second kappa shape index (κ2) is 4.08. The Bertz CT molecular complexity index is 399. The van der Waals surface area contributed by atoms with Crippen LogP contribution in [0.5, 0.6) is 0 Å². The van der Waals surface area contributed by atoms with Gasteiger partial charge in [0.05, 0.1) is 0 Å². The van der Waals surface area contributed by atoms with Gasteiger partial charge in [0, 0.05) is 11.1 Å². The highest BCUT2D eigenvalue weighted by atomic mass is 19.1. The third kappa shape index (κ3) is 2.92. The lowest BCUT2D eigenvalue weighted by atomic mass is 10.1. The Morgan fingerprint density at radius 3 is 2.00 bits per heavy atom. The zero-order valence-electron chi connectivity index (χ0n) is 9.49. The minimum absolute atomic E-state index is 0.0365. The van der Waals surface area contributed by atoms with Crippen molar-refractivity contribution in [3.8, 4) is 0 Å². The highest BCUT2D eigenvalue weighted by Gasteiger charge is 2.17. The first-order valence-corrected chi connectivity index (χ1v) is 4.82. The first kappa shape index (κ1) is 12.4. The van der Waals surface area contributed by atoms with Gasteiger partial charge in [-0.25, -0.2) is 8.78 Å². The maximum absolute atomic E-state index is 13.5.